The van der Waals surface area contributed by atoms with Crippen molar-refractivity contribution in [2.75, 3.05) is 0 Å². The van der Waals surface area contributed by atoms with Crippen LogP contribution in [0.1, 0.15) is 0 Å². The first-order valence-corrected chi connectivity index (χ1v) is 24.3. The summed E-state index contributed by atoms with van der Waals surface area (Å²) in [6.07, 6.45) is 0. The van der Waals surface area contributed by atoms with Gasteiger partial charge in [-0.25, -0.2) is 4.98 Å². The molecule has 0 aliphatic heterocycles. The topological polar surface area (TPSA) is 61.7 Å². The van der Waals surface area contributed by atoms with Crippen LogP contribution < -0.4 is 0 Å². The van der Waals surface area contributed by atoms with Crippen molar-refractivity contribution in [2.24, 2.45) is 0 Å². The Labute approximate surface area is 404 Å². The number of para-hydroxylation sites is 2. The van der Waals surface area contributed by atoms with Gasteiger partial charge in [0.15, 0.2) is 11.6 Å². The summed E-state index contributed by atoms with van der Waals surface area (Å²) in [6, 6.07) is 79.7. The van der Waals surface area contributed by atoms with E-state index in [0.717, 1.165) is 77.4 Å². The summed E-state index contributed by atoms with van der Waals surface area (Å²) in [5.41, 5.74) is 13.7. The Morgan fingerprint density at radius 1 is 0.343 bits per heavy atom. The summed E-state index contributed by atoms with van der Waals surface area (Å²) in [5, 5.41) is 9.44. The maximum atomic E-state index is 6.64. The fraction of sp³-hybridized carbons (Fsp3) is 0. The second kappa shape index (κ2) is 15.2. The number of aromatic nitrogens is 5. The lowest BCUT2D eigenvalue weighted by atomic mass is 9.96. The summed E-state index contributed by atoms with van der Waals surface area (Å²) >= 11 is 1.84. The first-order valence-electron chi connectivity index (χ1n) is 23.5. The molecule has 0 aliphatic rings. The zero-order valence-electron chi connectivity index (χ0n) is 37.4. The number of hydrogen-bond donors (Lipinski definition) is 0. The van der Waals surface area contributed by atoms with E-state index in [1.165, 1.54) is 47.4 Å². The van der Waals surface area contributed by atoms with E-state index in [9.17, 15) is 0 Å². The quantitative estimate of drug-likeness (QED) is 0.167. The van der Waals surface area contributed by atoms with Crippen molar-refractivity contribution in [2.45, 2.75) is 0 Å². The summed E-state index contributed by atoms with van der Waals surface area (Å²) in [5.74, 6) is 1.82. The molecule has 6 nitrogen and oxygen atoms in total. The molecule has 5 heterocycles. The molecule has 15 rings (SSSR count). The molecule has 0 saturated heterocycles. The third kappa shape index (κ3) is 5.89. The summed E-state index contributed by atoms with van der Waals surface area (Å²) in [4.78, 5) is 15.5. The predicted octanol–water partition coefficient (Wildman–Crippen LogP) is 17.0. The fourth-order valence-corrected chi connectivity index (χ4v) is 12.1. The Kier molecular flexibility index (Phi) is 8.43. The second-order valence-electron chi connectivity index (χ2n) is 17.9. The smallest absolute Gasteiger partial charge is 0.238 e. The Morgan fingerprint density at radius 2 is 0.943 bits per heavy atom. The van der Waals surface area contributed by atoms with Gasteiger partial charge in [0.2, 0.25) is 5.95 Å². The SMILES string of the molecule is c1ccc(-c2nc(-c3ccccc3)nc(-n3c4ccc(-c5ccc6oc7cccc(-c8ccc9c(c8)c8ccccc8n9-c8ccccc8)c7c6c5)cc4c4c5sc6ccccc6c5ccc43)n2)cc1. The second-order valence-corrected chi connectivity index (χ2v) is 19.0. The Hall–Kier alpha value is -9.17. The number of hydrogen-bond acceptors (Lipinski definition) is 5. The third-order valence-corrected chi connectivity index (χ3v) is 15.2. The largest absolute Gasteiger partial charge is 0.456 e. The minimum Gasteiger partial charge on any atom is -0.456 e. The highest BCUT2D eigenvalue weighted by Crippen LogP contribution is 2.46. The molecule has 7 heteroatoms. The average Bonchev–Trinajstić information content (AvgIpc) is 4.18. The molecule has 0 N–H and O–H groups in total. The molecule has 0 bridgehead atoms. The monoisotopic (exact) mass is 911 g/mol. The minimum atomic E-state index is 0.572. The van der Waals surface area contributed by atoms with Crippen LogP contribution >= 0.6 is 11.3 Å². The maximum absolute atomic E-state index is 6.64. The van der Waals surface area contributed by atoms with E-state index < -0.39 is 0 Å². The molecule has 0 atom stereocenters. The molecule has 10 aromatic carbocycles. The molecule has 15 aromatic rings. The van der Waals surface area contributed by atoms with Crippen LogP contribution in [0.25, 0.3) is 142 Å². The standard InChI is InChI=1S/C63H37N5OS/c1-4-15-38(16-5-1)61-64-62(39-17-6-2-7-18-39)66-63(65-61)68-53-31-27-40(35-49(53)59-54(68)33-30-47-46-22-11-13-26-57(46)70-60(47)59)41-29-34-55-50(36-41)58-44(23-14-25-56(58)69-55)42-28-32-52-48(37-42)45-21-10-12-24-51(45)67(52)43-19-8-3-9-20-43/h1-37H. The molecule has 326 valence electrons. The van der Waals surface area contributed by atoms with Gasteiger partial charge in [0.1, 0.15) is 11.2 Å². The minimum absolute atomic E-state index is 0.572. The molecular formula is C63H37N5OS. The van der Waals surface area contributed by atoms with Crippen molar-refractivity contribution in [1.29, 1.82) is 0 Å². The number of benzene rings is 10. The third-order valence-electron chi connectivity index (χ3n) is 14.0. The van der Waals surface area contributed by atoms with Crippen molar-refractivity contribution in [3.05, 3.63) is 224 Å². The van der Waals surface area contributed by atoms with Crippen LogP contribution in [0, 0.1) is 0 Å². The van der Waals surface area contributed by atoms with Crippen molar-refractivity contribution >= 4 is 97.1 Å². The van der Waals surface area contributed by atoms with Gasteiger partial charge >= 0.3 is 0 Å². The van der Waals surface area contributed by atoms with Crippen LogP contribution in [-0.4, -0.2) is 24.1 Å². The van der Waals surface area contributed by atoms with E-state index in [2.05, 4.69) is 197 Å². The Bertz CT molecular complexity index is 4530. The van der Waals surface area contributed by atoms with Crippen molar-refractivity contribution < 1.29 is 4.42 Å². The number of fused-ring (bicyclic) bond motifs is 13. The molecule has 70 heavy (non-hydrogen) atoms. The number of thiophene rings is 1. The highest BCUT2D eigenvalue weighted by atomic mass is 32.1. The lowest BCUT2D eigenvalue weighted by molar-refractivity contribution is 0.669. The van der Waals surface area contributed by atoms with Crippen LogP contribution in [0.4, 0.5) is 0 Å². The zero-order valence-corrected chi connectivity index (χ0v) is 38.2. The summed E-state index contributed by atoms with van der Waals surface area (Å²) in [7, 11) is 0. The van der Waals surface area contributed by atoms with Gasteiger partial charge in [-0.3, -0.25) is 4.57 Å². The lowest BCUT2D eigenvalue weighted by Gasteiger charge is -2.11. The van der Waals surface area contributed by atoms with Gasteiger partial charge in [-0.2, -0.15) is 9.97 Å². The van der Waals surface area contributed by atoms with Gasteiger partial charge in [-0.1, -0.05) is 152 Å². The van der Waals surface area contributed by atoms with Gasteiger partial charge in [0.25, 0.3) is 0 Å². The molecule has 0 radical (unpaired) electrons. The summed E-state index contributed by atoms with van der Waals surface area (Å²) in [6.45, 7) is 0. The van der Waals surface area contributed by atoms with Crippen LogP contribution in [0.15, 0.2) is 229 Å². The lowest BCUT2D eigenvalue weighted by Crippen LogP contribution is -2.06. The van der Waals surface area contributed by atoms with Crippen LogP contribution in [-0.2, 0) is 0 Å². The fourth-order valence-electron chi connectivity index (χ4n) is 10.8. The zero-order chi connectivity index (χ0) is 45.9. The van der Waals surface area contributed by atoms with Gasteiger partial charge in [0, 0.05) is 69.3 Å². The highest BCUT2D eigenvalue weighted by Gasteiger charge is 2.23. The normalized spacial score (nSPS) is 12.0. The van der Waals surface area contributed by atoms with Crippen molar-refractivity contribution in [3.8, 4) is 56.7 Å². The number of nitrogens with zero attached hydrogens (tertiary/aromatic N) is 5. The van der Waals surface area contributed by atoms with Crippen molar-refractivity contribution in [3.63, 3.8) is 0 Å². The van der Waals surface area contributed by atoms with Crippen LogP contribution in [0.3, 0.4) is 0 Å². The molecule has 5 aromatic heterocycles. The van der Waals surface area contributed by atoms with E-state index in [4.69, 9.17) is 19.4 Å². The van der Waals surface area contributed by atoms with E-state index in [-0.39, 0.29) is 0 Å². The molecule has 0 spiro atoms. The Balaban J connectivity index is 0.937. The number of rotatable bonds is 6. The molecule has 0 amide bonds. The van der Waals surface area contributed by atoms with E-state index in [1.807, 2.05) is 47.7 Å². The van der Waals surface area contributed by atoms with Gasteiger partial charge in [0.05, 0.1) is 22.1 Å². The molecule has 0 fully saturated rings. The average molecular weight is 912 g/mol. The van der Waals surface area contributed by atoms with E-state index in [1.54, 1.807) is 0 Å². The van der Waals surface area contributed by atoms with Crippen LogP contribution in [0.2, 0.25) is 0 Å². The van der Waals surface area contributed by atoms with E-state index in [0.29, 0.717) is 17.6 Å². The van der Waals surface area contributed by atoms with Gasteiger partial charge in [-0.05, 0) is 95.1 Å². The molecule has 0 aliphatic carbocycles. The van der Waals surface area contributed by atoms with Gasteiger partial charge < -0.3 is 8.98 Å². The van der Waals surface area contributed by atoms with E-state index >= 15 is 0 Å². The first kappa shape index (κ1) is 38.9. The Morgan fingerprint density at radius 3 is 1.71 bits per heavy atom. The first-order chi connectivity index (χ1) is 34.7. The molecule has 0 saturated carbocycles. The van der Waals surface area contributed by atoms with Crippen molar-refractivity contribution in [1.82, 2.24) is 24.1 Å². The molecular weight excluding hydrogens is 875 g/mol. The highest BCUT2D eigenvalue weighted by molar-refractivity contribution is 7.26. The number of furan rings is 1. The molecule has 0 unspecified atom stereocenters. The summed E-state index contributed by atoms with van der Waals surface area (Å²) < 4.78 is 13.7. The maximum Gasteiger partial charge on any atom is 0.238 e. The predicted molar refractivity (Wildman–Crippen MR) is 290 cm³/mol. The van der Waals surface area contributed by atoms with Crippen LogP contribution in [0.5, 0.6) is 0 Å². The van der Waals surface area contributed by atoms with Gasteiger partial charge in [-0.15, -0.1) is 11.3 Å².